The molecule has 2 aromatic carbocycles. The Kier molecular flexibility index (Phi) is 5.94. The van der Waals surface area contributed by atoms with E-state index in [0.29, 0.717) is 22.8 Å². The van der Waals surface area contributed by atoms with Crippen molar-refractivity contribution in [3.05, 3.63) is 65.2 Å². The fourth-order valence-corrected chi connectivity index (χ4v) is 2.04. The topological polar surface area (TPSA) is 58.2 Å². The molecule has 23 heavy (non-hydrogen) atoms. The third-order valence-electron chi connectivity index (χ3n) is 3.08. The first kappa shape index (κ1) is 16.8. The van der Waals surface area contributed by atoms with Crippen LogP contribution in [0.2, 0.25) is 5.02 Å². The number of carbonyl (C=O) groups excluding carboxylic acids is 2. The van der Waals surface area contributed by atoms with Gasteiger partial charge in [0.15, 0.2) is 0 Å². The summed E-state index contributed by atoms with van der Waals surface area (Å²) in [5.74, 6) is -0.306. The zero-order valence-electron chi connectivity index (χ0n) is 12.7. The SMILES string of the molecule is CCC(=O)Nc1ccc(NC(=O)/C=C/c2ccccc2Cl)cc1. The predicted octanol–water partition coefficient (Wildman–Crippen LogP) is 4.34. The van der Waals surface area contributed by atoms with Gasteiger partial charge in [0.1, 0.15) is 0 Å². The van der Waals surface area contributed by atoms with Gasteiger partial charge in [0.2, 0.25) is 11.8 Å². The van der Waals surface area contributed by atoms with Crippen LogP contribution in [0.15, 0.2) is 54.6 Å². The second-order valence-corrected chi connectivity index (χ2v) is 5.23. The second-order valence-electron chi connectivity index (χ2n) is 4.82. The highest BCUT2D eigenvalue weighted by molar-refractivity contribution is 6.32. The molecule has 2 amide bonds. The fourth-order valence-electron chi connectivity index (χ4n) is 1.85. The van der Waals surface area contributed by atoms with Gasteiger partial charge in [-0.3, -0.25) is 9.59 Å². The highest BCUT2D eigenvalue weighted by Crippen LogP contribution is 2.17. The molecule has 4 nitrogen and oxygen atoms in total. The lowest BCUT2D eigenvalue weighted by Gasteiger charge is -2.06. The molecule has 0 heterocycles. The minimum Gasteiger partial charge on any atom is -0.326 e. The van der Waals surface area contributed by atoms with Gasteiger partial charge in [-0.1, -0.05) is 36.7 Å². The molecule has 0 aliphatic carbocycles. The highest BCUT2D eigenvalue weighted by atomic mass is 35.5. The third kappa shape index (κ3) is 5.27. The Balaban J connectivity index is 1.95. The van der Waals surface area contributed by atoms with Crippen LogP contribution in [0.5, 0.6) is 0 Å². The van der Waals surface area contributed by atoms with Gasteiger partial charge in [0.25, 0.3) is 0 Å². The van der Waals surface area contributed by atoms with Crippen molar-refractivity contribution in [2.45, 2.75) is 13.3 Å². The molecule has 0 saturated heterocycles. The molecular formula is C18H17ClN2O2. The predicted molar refractivity (Wildman–Crippen MR) is 94.5 cm³/mol. The van der Waals surface area contributed by atoms with Gasteiger partial charge < -0.3 is 10.6 Å². The van der Waals surface area contributed by atoms with Crippen molar-refractivity contribution in [3.8, 4) is 0 Å². The average Bonchev–Trinajstić information content (AvgIpc) is 2.56. The summed E-state index contributed by atoms with van der Waals surface area (Å²) in [5, 5.41) is 6.08. The van der Waals surface area contributed by atoms with Gasteiger partial charge in [0, 0.05) is 28.9 Å². The summed E-state index contributed by atoms with van der Waals surface area (Å²) >= 11 is 6.02. The molecule has 118 valence electrons. The number of rotatable bonds is 5. The van der Waals surface area contributed by atoms with E-state index in [-0.39, 0.29) is 11.8 Å². The molecule has 0 aliphatic rings. The van der Waals surface area contributed by atoms with Crippen molar-refractivity contribution in [1.29, 1.82) is 0 Å². The van der Waals surface area contributed by atoms with Gasteiger partial charge in [-0.05, 0) is 42.0 Å². The molecule has 0 aromatic heterocycles. The smallest absolute Gasteiger partial charge is 0.248 e. The molecule has 2 N–H and O–H groups in total. The number of anilines is 2. The number of hydrogen-bond acceptors (Lipinski definition) is 2. The molecule has 0 unspecified atom stereocenters. The summed E-state index contributed by atoms with van der Waals surface area (Å²) in [6.07, 6.45) is 3.51. The largest absolute Gasteiger partial charge is 0.326 e. The van der Waals surface area contributed by atoms with E-state index in [2.05, 4.69) is 10.6 Å². The number of hydrogen-bond donors (Lipinski definition) is 2. The summed E-state index contributed by atoms with van der Waals surface area (Å²) in [6, 6.07) is 14.2. The van der Waals surface area contributed by atoms with Crippen molar-refractivity contribution >= 4 is 40.9 Å². The van der Waals surface area contributed by atoms with E-state index in [1.807, 2.05) is 18.2 Å². The molecular weight excluding hydrogens is 312 g/mol. The fraction of sp³-hybridized carbons (Fsp3) is 0.111. The lowest BCUT2D eigenvalue weighted by atomic mass is 10.2. The molecule has 0 fully saturated rings. The van der Waals surface area contributed by atoms with Crippen molar-refractivity contribution in [1.82, 2.24) is 0 Å². The summed E-state index contributed by atoms with van der Waals surface area (Å²) < 4.78 is 0. The molecule has 2 rings (SSSR count). The van der Waals surface area contributed by atoms with Gasteiger partial charge in [0.05, 0.1) is 0 Å². The normalized spacial score (nSPS) is 10.5. The quantitative estimate of drug-likeness (QED) is 0.802. The van der Waals surface area contributed by atoms with Crippen molar-refractivity contribution in [2.75, 3.05) is 10.6 Å². The van der Waals surface area contributed by atoms with Gasteiger partial charge >= 0.3 is 0 Å². The number of nitrogens with one attached hydrogen (secondary N) is 2. The monoisotopic (exact) mass is 328 g/mol. The zero-order chi connectivity index (χ0) is 16.7. The third-order valence-corrected chi connectivity index (χ3v) is 3.42. The van der Waals surface area contributed by atoms with Crippen molar-refractivity contribution in [2.24, 2.45) is 0 Å². The lowest BCUT2D eigenvalue weighted by molar-refractivity contribution is -0.116. The van der Waals surface area contributed by atoms with Crippen LogP contribution in [0.4, 0.5) is 11.4 Å². The number of amides is 2. The van der Waals surface area contributed by atoms with E-state index in [1.165, 1.54) is 6.08 Å². The number of halogens is 1. The Morgan fingerprint density at radius 1 is 1.00 bits per heavy atom. The van der Waals surface area contributed by atoms with Crippen molar-refractivity contribution in [3.63, 3.8) is 0 Å². The maximum atomic E-state index is 11.9. The molecule has 0 atom stereocenters. The van der Waals surface area contributed by atoms with Crippen LogP contribution in [0.3, 0.4) is 0 Å². The van der Waals surface area contributed by atoms with E-state index in [9.17, 15) is 9.59 Å². The van der Waals surface area contributed by atoms with E-state index in [4.69, 9.17) is 11.6 Å². The molecule has 0 radical (unpaired) electrons. The maximum absolute atomic E-state index is 11.9. The van der Waals surface area contributed by atoms with E-state index < -0.39 is 0 Å². The van der Waals surface area contributed by atoms with E-state index in [1.54, 1.807) is 43.3 Å². The lowest BCUT2D eigenvalue weighted by Crippen LogP contribution is -2.10. The Morgan fingerprint density at radius 2 is 1.61 bits per heavy atom. The van der Waals surface area contributed by atoms with Gasteiger partial charge in [-0.25, -0.2) is 0 Å². The first-order valence-corrected chi connectivity index (χ1v) is 7.60. The summed E-state index contributed by atoms with van der Waals surface area (Å²) in [6.45, 7) is 1.79. The molecule has 2 aromatic rings. The molecule has 5 heteroatoms. The standard InChI is InChI=1S/C18H17ClN2O2/c1-2-17(22)20-14-8-10-15(11-9-14)21-18(23)12-7-13-5-3-4-6-16(13)19/h3-12H,2H2,1H3,(H,20,22)(H,21,23)/b12-7+. The Hall–Kier alpha value is -2.59. The molecule has 0 aliphatic heterocycles. The summed E-state index contributed by atoms with van der Waals surface area (Å²) in [7, 11) is 0. The minimum atomic E-state index is -0.254. The number of carbonyl (C=O) groups is 2. The zero-order valence-corrected chi connectivity index (χ0v) is 13.4. The summed E-state index contributed by atoms with van der Waals surface area (Å²) in [4.78, 5) is 23.2. The first-order chi connectivity index (χ1) is 11.1. The van der Waals surface area contributed by atoms with Gasteiger partial charge in [-0.2, -0.15) is 0 Å². The van der Waals surface area contributed by atoms with E-state index in [0.717, 1.165) is 5.56 Å². The van der Waals surface area contributed by atoms with Crippen LogP contribution < -0.4 is 10.6 Å². The highest BCUT2D eigenvalue weighted by Gasteiger charge is 2.01. The van der Waals surface area contributed by atoms with Crippen LogP contribution >= 0.6 is 11.6 Å². The number of benzene rings is 2. The van der Waals surface area contributed by atoms with Crippen molar-refractivity contribution < 1.29 is 9.59 Å². The van der Waals surface area contributed by atoms with Crippen LogP contribution in [0.1, 0.15) is 18.9 Å². The second kappa shape index (κ2) is 8.15. The maximum Gasteiger partial charge on any atom is 0.248 e. The Bertz CT molecular complexity index is 724. The molecule has 0 saturated carbocycles. The summed E-state index contributed by atoms with van der Waals surface area (Å²) in [5.41, 5.74) is 2.12. The average molecular weight is 329 g/mol. The molecule has 0 spiro atoms. The van der Waals surface area contributed by atoms with Crippen LogP contribution in [0, 0.1) is 0 Å². The Labute approximate surface area is 140 Å². The van der Waals surface area contributed by atoms with Crippen LogP contribution in [-0.4, -0.2) is 11.8 Å². The Morgan fingerprint density at radius 3 is 2.22 bits per heavy atom. The van der Waals surface area contributed by atoms with Crippen LogP contribution in [0.25, 0.3) is 6.08 Å². The minimum absolute atomic E-state index is 0.0514. The van der Waals surface area contributed by atoms with E-state index >= 15 is 0 Å². The van der Waals surface area contributed by atoms with Crippen LogP contribution in [-0.2, 0) is 9.59 Å². The first-order valence-electron chi connectivity index (χ1n) is 7.22. The molecule has 0 bridgehead atoms. The van der Waals surface area contributed by atoms with Gasteiger partial charge in [-0.15, -0.1) is 0 Å².